The minimum atomic E-state index is 0.121. The zero-order valence-corrected chi connectivity index (χ0v) is 13.9. The maximum atomic E-state index is 9.34. The molecule has 2 aromatic rings. The maximum Gasteiger partial charge on any atom is 0.0767 e. The highest BCUT2D eigenvalue weighted by atomic mass is 32.1. The number of aliphatic hydroxyl groups is 1. The van der Waals surface area contributed by atoms with Gasteiger partial charge in [0.1, 0.15) is 0 Å². The first kappa shape index (κ1) is 15.7. The van der Waals surface area contributed by atoms with Crippen LogP contribution in [0.1, 0.15) is 43.0 Å². The Hall–Kier alpha value is -0.680. The molecule has 2 heterocycles. The Balaban J connectivity index is 2.24. The molecule has 0 spiro atoms. The fourth-order valence-electron chi connectivity index (χ4n) is 2.31. The lowest BCUT2D eigenvalue weighted by atomic mass is 9.84. The van der Waals surface area contributed by atoms with Crippen molar-refractivity contribution in [3.63, 3.8) is 0 Å². The molecule has 2 rings (SSSR count). The van der Waals surface area contributed by atoms with E-state index in [0.717, 1.165) is 6.42 Å². The largest absolute Gasteiger partial charge is 0.396 e. The van der Waals surface area contributed by atoms with Gasteiger partial charge in [-0.2, -0.15) is 0 Å². The molecule has 4 heteroatoms. The van der Waals surface area contributed by atoms with E-state index in [1.54, 1.807) is 22.7 Å². The van der Waals surface area contributed by atoms with Gasteiger partial charge in [-0.3, -0.25) is 0 Å². The Bertz CT molecular complexity index is 451. The summed E-state index contributed by atoms with van der Waals surface area (Å²) in [6.07, 6.45) is 0.775. The standard InChI is InChI=1S/C16H23NOS2/c1-16(2,3)14(8-9-18)17-15(12-6-4-10-19-12)13-7-5-11-20-13/h4-7,10-11,14-15,17-18H,8-9H2,1-3H3. The molecule has 20 heavy (non-hydrogen) atoms. The van der Waals surface area contributed by atoms with E-state index in [4.69, 9.17) is 0 Å². The van der Waals surface area contributed by atoms with Crippen LogP contribution in [-0.2, 0) is 0 Å². The van der Waals surface area contributed by atoms with E-state index in [1.807, 2.05) is 0 Å². The van der Waals surface area contributed by atoms with E-state index in [1.165, 1.54) is 9.75 Å². The molecule has 0 aliphatic heterocycles. The van der Waals surface area contributed by atoms with Gasteiger partial charge >= 0.3 is 0 Å². The summed E-state index contributed by atoms with van der Waals surface area (Å²) in [5, 5.41) is 17.3. The van der Waals surface area contributed by atoms with Gasteiger partial charge in [0.05, 0.1) is 6.04 Å². The van der Waals surface area contributed by atoms with Crippen LogP contribution < -0.4 is 5.32 Å². The molecular weight excluding hydrogens is 286 g/mol. The Morgan fingerprint density at radius 3 is 2.00 bits per heavy atom. The van der Waals surface area contributed by atoms with Crippen LogP contribution in [0.3, 0.4) is 0 Å². The van der Waals surface area contributed by atoms with E-state index in [0.29, 0.717) is 0 Å². The molecular formula is C16H23NOS2. The van der Waals surface area contributed by atoms with Gasteiger partial charge in [-0.25, -0.2) is 0 Å². The van der Waals surface area contributed by atoms with E-state index < -0.39 is 0 Å². The van der Waals surface area contributed by atoms with Gasteiger partial charge in [-0.05, 0) is 34.7 Å². The molecule has 110 valence electrons. The first-order valence-corrected chi connectivity index (χ1v) is 8.72. The van der Waals surface area contributed by atoms with Crippen molar-refractivity contribution in [2.24, 2.45) is 5.41 Å². The fraction of sp³-hybridized carbons (Fsp3) is 0.500. The second kappa shape index (κ2) is 6.85. The molecule has 1 atom stereocenters. The van der Waals surface area contributed by atoms with Gasteiger partial charge in [0.15, 0.2) is 0 Å². The number of hydrogen-bond donors (Lipinski definition) is 2. The van der Waals surface area contributed by atoms with Crippen LogP contribution in [-0.4, -0.2) is 17.8 Å². The Morgan fingerprint density at radius 1 is 1.10 bits per heavy atom. The minimum absolute atomic E-state index is 0.121. The zero-order chi connectivity index (χ0) is 14.6. The summed E-state index contributed by atoms with van der Waals surface area (Å²) in [6.45, 7) is 6.89. The molecule has 0 bridgehead atoms. The highest BCUT2D eigenvalue weighted by Gasteiger charge is 2.28. The lowest BCUT2D eigenvalue weighted by molar-refractivity contribution is 0.191. The molecule has 0 aromatic carbocycles. The van der Waals surface area contributed by atoms with E-state index in [-0.39, 0.29) is 24.1 Å². The van der Waals surface area contributed by atoms with Crippen LogP contribution in [0.5, 0.6) is 0 Å². The quantitative estimate of drug-likeness (QED) is 0.834. The Kier molecular flexibility index (Phi) is 5.38. The van der Waals surface area contributed by atoms with Crippen molar-refractivity contribution in [3.8, 4) is 0 Å². The predicted octanol–water partition coefficient (Wildman–Crippen LogP) is 4.29. The molecule has 2 aromatic heterocycles. The Labute approximate surface area is 129 Å². The van der Waals surface area contributed by atoms with Crippen molar-refractivity contribution in [2.75, 3.05) is 6.61 Å². The lowest BCUT2D eigenvalue weighted by Crippen LogP contribution is -2.42. The van der Waals surface area contributed by atoms with Crippen LogP contribution in [0.4, 0.5) is 0 Å². The van der Waals surface area contributed by atoms with Gasteiger partial charge in [0.2, 0.25) is 0 Å². The molecule has 0 saturated carbocycles. The van der Waals surface area contributed by atoms with Crippen molar-refractivity contribution in [3.05, 3.63) is 44.8 Å². The molecule has 2 N–H and O–H groups in total. The van der Waals surface area contributed by atoms with Gasteiger partial charge in [0.25, 0.3) is 0 Å². The smallest absolute Gasteiger partial charge is 0.0767 e. The summed E-state index contributed by atoms with van der Waals surface area (Å²) >= 11 is 3.56. The second-order valence-electron chi connectivity index (χ2n) is 6.06. The van der Waals surface area contributed by atoms with Gasteiger partial charge in [-0.1, -0.05) is 32.9 Å². The summed E-state index contributed by atoms with van der Waals surface area (Å²) < 4.78 is 0. The SMILES string of the molecule is CC(C)(C)C(CCO)NC(c1cccs1)c1cccs1. The summed E-state index contributed by atoms with van der Waals surface area (Å²) in [5.41, 5.74) is 0.121. The van der Waals surface area contributed by atoms with Crippen LogP contribution in [0, 0.1) is 5.41 Å². The molecule has 0 aliphatic rings. The topological polar surface area (TPSA) is 32.3 Å². The Morgan fingerprint density at radius 2 is 1.65 bits per heavy atom. The zero-order valence-electron chi connectivity index (χ0n) is 12.3. The molecule has 0 saturated heterocycles. The van der Waals surface area contributed by atoms with Crippen molar-refractivity contribution in [1.82, 2.24) is 5.32 Å². The van der Waals surface area contributed by atoms with Crippen LogP contribution in [0.15, 0.2) is 35.0 Å². The first-order chi connectivity index (χ1) is 9.52. The van der Waals surface area contributed by atoms with Gasteiger partial charge < -0.3 is 10.4 Å². The highest BCUT2D eigenvalue weighted by molar-refractivity contribution is 7.11. The van der Waals surface area contributed by atoms with Crippen LogP contribution in [0.2, 0.25) is 0 Å². The minimum Gasteiger partial charge on any atom is -0.396 e. The summed E-state index contributed by atoms with van der Waals surface area (Å²) in [5.74, 6) is 0. The fourth-order valence-corrected chi connectivity index (χ4v) is 3.99. The maximum absolute atomic E-state index is 9.34. The van der Waals surface area contributed by atoms with E-state index >= 15 is 0 Å². The lowest BCUT2D eigenvalue weighted by Gasteiger charge is -2.34. The molecule has 2 nitrogen and oxygen atoms in total. The molecule has 0 amide bonds. The summed E-state index contributed by atoms with van der Waals surface area (Å²) in [7, 11) is 0. The van der Waals surface area contributed by atoms with Crippen LogP contribution in [0.25, 0.3) is 0 Å². The van der Waals surface area contributed by atoms with Crippen molar-refractivity contribution >= 4 is 22.7 Å². The van der Waals surface area contributed by atoms with Crippen LogP contribution >= 0.6 is 22.7 Å². The average Bonchev–Trinajstić information content (AvgIpc) is 3.05. The second-order valence-corrected chi connectivity index (χ2v) is 8.02. The third-order valence-corrected chi connectivity index (χ3v) is 5.36. The van der Waals surface area contributed by atoms with E-state index in [9.17, 15) is 5.11 Å². The molecule has 0 aliphatic carbocycles. The van der Waals surface area contributed by atoms with Gasteiger partial charge in [-0.15, -0.1) is 22.7 Å². The monoisotopic (exact) mass is 309 g/mol. The number of rotatable bonds is 6. The van der Waals surface area contributed by atoms with Crippen molar-refractivity contribution in [1.29, 1.82) is 0 Å². The number of hydrogen-bond acceptors (Lipinski definition) is 4. The summed E-state index contributed by atoms with van der Waals surface area (Å²) in [6, 6.07) is 9.06. The normalized spacial score (nSPS) is 13.8. The third kappa shape index (κ3) is 3.92. The molecule has 0 radical (unpaired) electrons. The summed E-state index contributed by atoms with van der Waals surface area (Å²) in [4.78, 5) is 2.67. The predicted molar refractivity (Wildman–Crippen MR) is 88.6 cm³/mol. The molecule has 0 fully saturated rings. The van der Waals surface area contributed by atoms with Crippen molar-refractivity contribution < 1.29 is 5.11 Å². The average molecular weight is 310 g/mol. The number of aliphatic hydroxyl groups excluding tert-OH is 1. The highest BCUT2D eigenvalue weighted by Crippen LogP contribution is 2.32. The van der Waals surface area contributed by atoms with Crippen molar-refractivity contribution in [2.45, 2.75) is 39.3 Å². The first-order valence-electron chi connectivity index (χ1n) is 6.96. The number of thiophene rings is 2. The number of nitrogens with one attached hydrogen (secondary N) is 1. The molecule has 1 unspecified atom stereocenters. The van der Waals surface area contributed by atoms with Gasteiger partial charge in [0, 0.05) is 22.4 Å². The third-order valence-electron chi connectivity index (χ3n) is 3.49. The van der Waals surface area contributed by atoms with E-state index in [2.05, 4.69) is 61.1 Å².